The molecule has 0 bridgehead atoms. The predicted octanol–water partition coefficient (Wildman–Crippen LogP) is 4.62. The highest BCUT2D eigenvalue weighted by Crippen LogP contribution is 2.31. The normalized spacial score (nSPS) is 13.7. The van der Waals surface area contributed by atoms with Crippen molar-refractivity contribution in [2.75, 3.05) is 25.0 Å². The number of aryl methyl sites for hydroxylation is 3. The topological polar surface area (TPSA) is 105 Å². The number of fused-ring (bicyclic) bond motifs is 1. The Morgan fingerprint density at radius 2 is 1.89 bits per heavy atom. The summed E-state index contributed by atoms with van der Waals surface area (Å²) in [5.41, 5.74) is 6.76. The van der Waals surface area contributed by atoms with Crippen molar-refractivity contribution in [1.82, 2.24) is 24.9 Å². The van der Waals surface area contributed by atoms with Crippen LogP contribution in [0.3, 0.4) is 0 Å². The standard InChI is InChI=1S/C26H28N6O3/c1-5-35-26(34)31-13-19(14-31)32-12-18(11-27-32)24-21-10-20(17(4)9-22(21)29-30-24)25(33)28-23-15(2)7-6-8-16(23)3/h6-12,19H,5,13-14H2,1-4H3,(H,28,33)(H,29,30). The van der Waals surface area contributed by atoms with Crippen LogP contribution in [0.25, 0.3) is 22.2 Å². The van der Waals surface area contributed by atoms with Crippen LogP contribution >= 0.6 is 0 Å². The number of nitrogens with zero attached hydrogens (tertiary/aromatic N) is 4. The molecular weight excluding hydrogens is 444 g/mol. The van der Waals surface area contributed by atoms with Gasteiger partial charge < -0.3 is 15.0 Å². The Hall–Kier alpha value is -4.14. The molecule has 0 saturated carbocycles. The van der Waals surface area contributed by atoms with Crippen LogP contribution in [0, 0.1) is 20.8 Å². The molecule has 9 heteroatoms. The SMILES string of the molecule is CCOC(=O)N1CC(n2cc(-c3n[nH]c4cc(C)c(C(=O)Nc5c(C)cccc5C)cc34)cn2)C1. The van der Waals surface area contributed by atoms with Crippen molar-refractivity contribution in [3.05, 3.63) is 65.0 Å². The second-order valence-corrected chi connectivity index (χ2v) is 8.97. The molecule has 2 aromatic carbocycles. The molecule has 35 heavy (non-hydrogen) atoms. The highest BCUT2D eigenvalue weighted by molar-refractivity contribution is 6.09. The summed E-state index contributed by atoms with van der Waals surface area (Å²) < 4.78 is 6.90. The van der Waals surface area contributed by atoms with Gasteiger partial charge in [0, 0.05) is 41.5 Å². The van der Waals surface area contributed by atoms with Gasteiger partial charge in [0.05, 0.1) is 24.4 Å². The van der Waals surface area contributed by atoms with E-state index in [0.29, 0.717) is 25.3 Å². The summed E-state index contributed by atoms with van der Waals surface area (Å²) in [7, 11) is 0. The zero-order chi connectivity index (χ0) is 24.7. The number of carbonyl (C=O) groups excluding carboxylic acids is 2. The lowest BCUT2D eigenvalue weighted by Gasteiger charge is -2.38. The van der Waals surface area contributed by atoms with Crippen molar-refractivity contribution in [1.29, 1.82) is 0 Å². The number of hydrogen-bond acceptors (Lipinski definition) is 5. The van der Waals surface area contributed by atoms with E-state index in [-0.39, 0.29) is 18.0 Å². The van der Waals surface area contributed by atoms with E-state index in [2.05, 4.69) is 20.6 Å². The first-order valence-corrected chi connectivity index (χ1v) is 11.7. The highest BCUT2D eigenvalue weighted by atomic mass is 16.6. The summed E-state index contributed by atoms with van der Waals surface area (Å²) >= 11 is 0. The number of benzene rings is 2. The van der Waals surface area contributed by atoms with Gasteiger partial charge in [-0.3, -0.25) is 14.6 Å². The van der Waals surface area contributed by atoms with E-state index in [1.807, 2.05) is 62.0 Å². The van der Waals surface area contributed by atoms with E-state index in [0.717, 1.165) is 44.5 Å². The highest BCUT2D eigenvalue weighted by Gasteiger charge is 2.33. The van der Waals surface area contributed by atoms with Gasteiger partial charge in [0.2, 0.25) is 0 Å². The molecule has 1 fully saturated rings. The average Bonchev–Trinajstić information content (AvgIpc) is 3.41. The number of H-pyrrole nitrogens is 1. The number of aromatic amines is 1. The van der Waals surface area contributed by atoms with Gasteiger partial charge in [0.25, 0.3) is 5.91 Å². The average molecular weight is 473 g/mol. The number of hydrogen-bond donors (Lipinski definition) is 2. The Bertz CT molecular complexity index is 1410. The minimum atomic E-state index is -0.295. The molecule has 0 radical (unpaired) electrons. The van der Waals surface area contributed by atoms with Crippen LogP contribution in [-0.4, -0.2) is 56.6 Å². The van der Waals surface area contributed by atoms with Gasteiger partial charge in [0.1, 0.15) is 5.69 Å². The lowest BCUT2D eigenvalue weighted by molar-refractivity contribution is 0.0569. The summed E-state index contributed by atoms with van der Waals surface area (Å²) in [4.78, 5) is 26.7. The molecule has 9 nitrogen and oxygen atoms in total. The quantitative estimate of drug-likeness (QED) is 0.441. The van der Waals surface area contributed by atoms with Gasteiger partial charge in [-0.05, 0) is 56.5 Å². The third-order valence-electron chi connectivity index (χ3n) is 6.51. The van der Waals surface area contributed by atoms with Crippen LogP contribution in [0.5, 0.6) is 0 Å². The first-order chi connectivity index (χ1) is 16.9. The fraction of sp³-hybridized carbons (Fsp3) is 0.308. The molecule has 2 aromatic heterocycles. The minimum absolute atomic E-state index is 0.0966. The summed E-state index contributed by atoms with van der Waals surface area (Å²) in [6, 6.07) is 9.87. The van der Waals surface area contributed by atoms with Crippen molar-refractivity contribution in [2.24, 2.45) is 0 Å². The lowest BCUT2D eigenvalue weighted by Crippen LogP contribution is -2.51. The molecule has 4 aromatic rings. The van der Waals surface area contributed by atoms with E-state index in [9.17, 15) is 9.59 Å². The van der Waals surface area contributed by atoms with Gasteiger partial charge >= 0.3 is 6.09 Å². The number of rotatable bonds is 5. The number of anilines is 1. The Morgan fingerprint density at radius 1 is 1.14 bits per heavy atom. The Kier molecular flexibility index (Phi) is 5.76. The zero-order valence-electron chi connectivity index (χ0n) is 20.3. The fourth-order valence-corrected chi connectivity index (χ4v) is 4.48. The van der Waals surface area contributed by atoms with Crippen LogP contribution in [-0.2, 0) is 4.74 Å². The molecule has 1 aliphatic heterocycles. The van der Waals surface area contributed by atoms with E-state index < -0.39 is 0 Å². The summed E-state index contributed by atoms with van der Waals surface area (Å²) in [6.07, 6.45) is 3.40. The van der Waals surface area contributed by atoms with Crippen LogP contribution in [0.2, 0.25) is 0 Å². The third-order valence-corrected chi connectivity index (χ3v) is 6.51. The van der Waals surface area contributed by atoms with Gasteiger partial charge in [-0.2, -0.15) is 10.2 Å². The monoisotopic (exact) mass is 472 g/mol. The summed E-state index contributed by atoms with van der Waals surface area (Å²) in [5, 5.41) is 16.0. The molecule has 1 saturated heterocycles. The third kappa shape index (κ3) is 4.14. The van der Waals surface area contributed by atoms with E-state index >= 15 is 0 Å². The molecule has 0 atom stereocenters. The van der Waals surface area contributed by atoms with Crippen molar-refractivity contribution < 1.29 is 14.3 Å². The summed E-state index contributed by atoms with van der Waals surface area (Å²) in [5.74, 6) is -0.154. The molecular formula is C26H28N6O3. The lowest BCUT2D eigenvalue weighted by atomic mass is 10.0. The number of amides is 2. The number of carbonyl (C=O) groups is 2. The maximum atomic E-state index is 13.2. The number of aromatic nitrogens is 4. The molecule has 180 valence electrons. The van der Waals surface area contributed by atoms with Crippen LogP contribution in [0.4, 0.5) is 10.5 Å². The molecule has 1 aliphatic rings. The van der Waals surface area contributed by atoms with Crippen LogP contribution < -0.4 is 5.32 Å². The van der Waals surface area contributed by atoms with Gasteiger partial charge in [-0.15, -0.1) is 0 Å². The number of likely N-dealkylation sites (tertiary alicyclic amines) is 1. The van der Waals surface area contributed by atoms with E-state index in [1.54, 1.807) is 18.0 Å². The number of ether oxygens (including phenoxy) is 1. The fourth-order valence-electron chi connectivity index (χ4n) is 4.48. The van der Waals surface area contributed by atoms with E-state index in [1.165, 1.54) is 0 Å². The first-order valence-electron chi connectivity index (χ1n) is 11.7. The second-order valence-electron chi connectivity index (χ2n) is 8.97. The maximum absolute atomic E-state index is 13.2. The molecule has 0 spiro atoms. The largest absolute Gasteiger partial charge is 0.450 e. The van der Waals surface area contributed by atoms with Crippen molar-refractivity contribution >= 4 is 28.6 Å². The van der Waals surface area contributed by atoms with Gasteiger partial charge in [-0.25, -0.2) is 4.79 Å². The Labute approximate surface area is 203 Å². The first kappa shape index (κ1) is 22.6. The Balaban J connectivity index is 1.40. The molecule has 3 heterocycles. The number of para-hydroxylation sites is 1. The maximum Gasteiger partial charge on any atom is 0.409 e. The number of nitrogens with one attached hydrogen (secondary N) is 2. The van der Waals surface area contributed by atoms with Gasteiger partial charge in [0.15, 0.2) is 0 Å². The molecule has 2 amide bonds. The van der Waals surface area contributed by atoms with Crippen molar-refractivity contribution in [3.63, 3.8) is 0 Å². The smallest absolute Gasteiger partial charge is 0.409 e. The molecule has 0 aliphatic carbocycles. The second kappa shape index (κ2) is 8.90. The van der Waals surface area contributed by atoms with Crippen LogP contribution in [0.1, 0.15) is 40.0 Å². The van der Waals surface area contributed by atoms with Crippen molar-refractivity contribution in [3.8, 4) is 11.3 Å². The van der Waals surface area contributed by atoms with Crippen LogP contribution in [0.15, 0.2) is 42.7 Å². The molecule has 0 unspecified atom stereocenters. The minimum Gasteiger partial charge on any atom is -0.450 e. The van der Waals surface area contributed by atoms with Gasteiger partial charge in [-0.1, -0.05) is 18.2 Å². The predicted molar refractivity (Wildman–Crippen MR) is 134 cm³/mol. The zero-order valence-corrected chi connectivity index (χ0v) is 20.3. The van der Waals surface area contributed by atoms with Crippen molar-refractivity contribution in [2.45, 2.75) is 33.7 Å². The summed E-state index contributed by atoms with van der Waals surface area (Å²) in [6.45, 7) is 9.17. The van der Waals surface area contributed by atoms with E-state index in [4.69, 9.17) is 4.74 Å². The molecule has 5 rings (SSSR count). The Morgan fingerprint density at radius 3 is 2.60 bits per heavy atom. The molecule has 2 N–H and O–H groups in total.